The topological polar surface area (TPSA) is 75.7 Å². The predicted octanol–water partition coefficient (Wildman–Crippen LogP) is 3.97. The second-order valence-corrected chi connectivity index (χ2v) is 8.43. The first kappa shape index (κ1) is 20.2. The Hall–Kier alpha value is -2.54. The molecule has 0 spiro atoms. The van der Waals surface area contributed by atoms with Crippen molar-refractivity contribution in [2.24, 2.45) is 0 Å². The largest absolute Gasteiger partial charge is 0.494 e. The van der Waals surface area contributed by atoms with Crippen LogP contribution >= 0.6 is 0 Å². The molecule has 7 heteroatoms. The summed E-state index contributed by atoms with van der Waals surface area (Å²) in [4.78, 5) is 14.2. The van der Waals surface area contributed by atoms with Gasteiger partial charge in [-0.15, -0.1) is 0 Å². The van der Waals surface area contributed by atoms with E-state index in [1.54, 1.807) is 18.2 Å². The zero-order chi connectivity index (χ0) is 20.1. The maximum atomic E-state index is 12.7. The van der Waals surface area contributed by atoms with Gasteiger partial charge in [0.25, 0.3) is 10.0 Å². The zero-order valence-corrected chi connectivity index (χ0v) is 17.1. The van der Waals surface area contributed by atoms with Crippen LogP contribution in [0.25, 0.3) is 0 Å². The van der Waals surface area contributed by atoms with Gasteiger partial charge in [0.05, 0.1) is 11.5 Å². The molecule has 28 heavy (non-hydrogen) atoms. The minimum absolute atomic E-state index is 0.128. The van der Waals surface area contributed by atoms with Gasteiger partial charge in [-0.1, -0.05) is 13.3 Å². The van der Waals surface area contributed by atoms with Crippen molar-refractivity contribution in [1.29, 1.82) is 0 Å². The average molecular weight is 403 g/mol. The lowest BCUT2D eigenvalue weighted by molar-refractivity contribution is -0.118. The maximum Gasteiger partial charge on any atom is 0.261 e. The number of unbranched alkanes of at least 4 members (excludes halogenated alkanes) is 1. The van der Waals surface area contributed by atoms with Gasteiger partial charge in [0.2, 0.25) is 5.91 Å². The Balaban J connectivity index is 1.80. The number of ether oxygens (including phenoxy) is 1. The van der Waals surface area contributed by atoms with Crippen molar-refractivity contribution in [2.45, 2.75) is 44.4 Å². The lowest BCUT2D eigenvalue weighted by Gasteiger charge is -2.29. The lowest BCUT2D eigenvalue weighted by Crippen LogP contribution is -2.35. The molecule has 0 radical (unpaired) electrons. The summed E-state index contributed by atoms with van der Waals surface area (Å²) < 4.78 is 33.3. The summed E-state index contributed by atoms with van der Waals surface area (Å²) in [5, 5.41) is 0. The number of anilines is 2. The number of amides is 1. The van der Waals surface area contributed by atoms with Crippen LogP contribution in [0, 0.1) is 0 Å². The molecular formula is C21H26N2O4S. The van der Waals surface area contributed by atoms with E-state index in [9.17, 15) is 13.2 Å². The first-order chi connectivity index (χ1) is 13.4. The van der Waals surface area contributed by atoms with Gasteiger partial charge in [-0.25, -0.2) is 8.42 Å². The number of rotatable bonds is 8. The Morgan fingerprint density at radius 3 is 2.50 bits per heavy atom. The van der Waals surface area contributed by atoms with Gasteiger partial charge in [-0.3, -0.25) is 9.52 Å². The molecule has 1 N–H and O–H groups in total. The van der Waals surface area contributed by atoms with Crippen LogP contribution < -0.4 is 14.4 Å². The Morgan fingerprint density at radius 1 is 1.07 bits per heavy atom. The third-order valence-corrected chi connectivity index (χ3v) is 6.11. The van der Waals surface area contributed by atoms with Crippen LogP contribution in [0.4, 0.5) is 11.4 Å². The fourth-order valence-corrected chi connectivity index (χ4v) is 4.33. The second-order valence-electron chi connectivity index (χ2n) is 6.75. The molecule has 1 aliphatic rings. The van der Waals surface area contributed by atoms with Crippen molar-refractivity contribution in [1.82, 2.24) is 0 Å². The van der Waals surface area contributed by atoms with Gasteiger partial charge in [-0.05, 0) is 67.8 Å². The van der Waals surface area contributed by atoms with Crippen molar-refractivity contribution in [3.63, 3.8) is 0 Å². The third kappa shape index (κ3) is 4.47. The zero-order valence-electron chi connectivity index (χ0n) is 16.3. The number of fused-ring (bicyclic) bond motifs is 1. The smallest absolute Gasteiger partial charge is 0.261 e. The Labute approximate surface area is 166 Å². The molecule has 0 aromatic heterocycles. The normalized spacial score (nSPS) is 13.9. The van der Waals surface area contributed by atoms with Crippen molar-refractivity contribution in [3.05, 3.63) is 48.0 Å². The fraction of sp³-hybridized carbons (Fsp3) is 0.381. The quantitative estimate of drug-likeness (QED) is 0.725. The minimum Gasteiger partial charge on any atom is -0.494 e. The monoisotopic (exact) mass is 402 g/mol. The highest BCUT2D eigenvalue weighted by Gasteiger charge is 2.24. The van der Waals surface area contributed by atoms with E-state index in [0.717, 1.165) is 24.1 Å². The molecule has 0 saturated carbocycles. The summed E-state index contributed by atoms with van der Waals surface area (Å²) >= 11 is 0. The number of nitrogens with one attached hydrogen (secondary N) is 1. The number of carbonyl (C=O) groups excluding carboxylic acids is 1. The Bertz CT molecular complexity index is 939. The van der Waals surface area contributed by atoms with Crippen LogP contribution in [0.2, 0.25) is 0 Å². The average Bonchev–Trinajstić information content (AvgIpc) is 2.68. The summed E-state index contributed by atoms with van der Waals surface area (Å²) in [7, 11) is -3.70. The molecule has 1 aliphatic heterocycles. The molecule has 3 rings (SSSR count). The highest BCUT2D eigenvalue weighted by molar-refractivity contribution is 7.92. The number of benzene rings is 2. The molecule has 2 aromatic carbocycles. The van der Waals surface area contributed by atoms with Gasteiger partial charge in [0.1, 0.15) is 5.75 Å². The SMILES string of the molecule is CCCCN1C(=O)CCc2cc(NS(=O)(=O)c3ccc(OCC)cc3)ccc21. The highest BCUT2D eigenvalue weighted by atomic mass is 32.2. The molecule has 150 valence electrons. The molecule has 1 amide bonds. The summed E-state index contributed by atoms with van der Waals surface area (Å²) in [6.45, 7) is 5.18. The van der Waals surface area contributed by atoms with E-state index >= 15 is 0 Å². The number of hydrogen-bond donors (Lipinski definition) is 1. The standard InChI is InChI=1S/C21H26N2O4S/c1-3-5-14-23-20-12-7-17(15-16(20)6-13-21(23)24)22-28(25,26)19-10-8-18(9-11-19)27-4-2/h7-12,15,22H,3-6,13-14H2,1-2H3. The highest BCUT2D eigenvalue weighted by Crippen LogP contribution is 2.31. The number of sulfonamides is 1. The van der Waals surface area contributed by atoms with Gasteiger partial charge in [0, 0.05) is 24.3 Å². The van der Waals surface area contributed by atoms with E-state index in [1.807, 2.05) is 24.0 Å². The lowest BCUT2D eigenvalue weighted by atomic mass is 10.00. The summed E-state index contributed by atoms with van der Waals surface area (Å²) in [6, 6.07) is 11.7. The Morgan fingerprint density at radius 2 is 1.82 bits per heavy atom. The number of nitrogens with zero attached hydrogens (tertiary/aromatic N) is 1. The summed E-state index contributed by atoms with van der Waals surface area (Å²) in [5.74, 6) is 0.760. The molecule has 0 fully saturated rings. The van der Waals surface area contributed by atoms with Crippen LogP contribution in [0.15, 0.2) is 47.4 Å². The molecule has 0 atom stereocenters. The molecule has 1 heterocycles. The maximum absolute atomic E-state index is 12.7. The number of hydrogen-bond acceptors (Lipinski definition) is 4. The fourth-order valence-electron chi connectivity index (χ4n) is 3.28. The number of carbonyl (C=O) groups is 1. The first-order valence-corrected chi connectivity index (χ1v) is 11.1. The van der Waals surface area contributed by atoms with E-state index < -0.39 is 10.0 Å². The van der Waals surface area contributed by atoms with E-state index in [1.165, 1.54) is 12.1 Å². The van der Waals surface area contributed by atoms with Crippen LogP contribution in [-0.4, -0.2) is 27.5 Å². The van der Waals surface area contributed by atoms with Gasteiger partial charge < -0.3 is 9.64 Å². The predicted molar refractivity (Wildman–Crippen MR) is 110 cm³/mol. The second kappa shape index (κ2) is 8.65. The molecule has 2 aromatic rings. The van der Waals surface area contributed by atoms with Gasteiger partial charge >= 0.3 is 0 Å². The van der Waals surface area contributed by atoms with Crippen molar-refractivity contribution < 1.29 is 17.9 Å². The van der Waals surface area contributed by atoms with E-state index in [0.29, 0.717) is 37.4 Å². The van der Waals surface area contributed by atoms with Gasteiger partial charge in [0.15, 0.2) is 0 Å². The molecular weight excluding hydrogens is 376 g/mol. The van der Waals surface area contributed by atoms with Crippen molar-refractivity contribution in [3.8, 4) is 5.75 Å². The van der Waals surface area contributed by atoms with Crippen molar-refractivity contribution in [2.75, 3.05) is 22.8 Å². The van der Waals surface area contributed by atoms with E-state index in [-0.39, 0.29) is 10.8 Å². The molecule has 0 saturated heterocycles. The first-order valence-electron chi connectivity index (χ1n) is 9.63. The third-order valence-electron chi connectivity index (χ3n) is 4.71. The minimum atomic E-state index is -3.70. The van der Waals surface area contributed by atoms with Crippen LogP contribution in [-0.2, 0) is 21.2 Å². The summed E-state index contributed by atoms with van der Waals surface area (Å²) in [6.07, 6.45) is 3.03. The van der Waals surface area contributed by atoms with E-state index in [2.05, 4.69) is 11.6 Å². The van der Waals surface area contributed by atoms with Crippen LogP contribution in [0.5, 0.6) is 5.75 Å². The van der Waals surface area contributed by atoms with E-state index in [4.69, 9.17) is 4.74 Å². The molecule has 6 nitrogen and oxygen atoms in total. The molecule has 0 aliphatic carbocycles. The summed E-state index contributed by atoms with van der Waals surface area (Å²) in [5.41, 5.74) is 2.37. The van der Waals surface area contributed by atoms with Gasteiger partial charge in [-0.2, -0.15) is 0 Å². The molecule has 0 bridgehead atoms. The Kier molecular flexibility index (Phi) is 6.24. The van der Waals surface area contributed by atoms with Crippen LogP contribution in [0.1, 0.15) is 38.7 Å². The molecule has 0 unspecified atom stereocenters. The van der Waals surface area contributed by atoms with Crippen LogP contribution in [0.3, 0.4) is 0 Å². The van der Waals surface area contributed by atoms with Crippen molar-refractivity contribution >= 4 is 27.3 Å². The number of aryl methyl sites for hydroxylation is 1.